The number of guanidine groups is 1. The quantitative estimate of drug-likeness (QED) is 0.643. The van der Waals surface area contributed by atoms with E-state index in [1.54, 1.807) is 11.3 Å². The average Bonchev–Trinajstić information content (AvgIpc) is 2.99. The van der Waals surface area contributed by atoms with E-state index in [0.29, 0.717) is 13.2 Å². The van der Waals surface area contributed by atoms with Crippen LogP contribution in [0.25, 0.3) is 0 Å². The van der Waals surface area contributed by atoms with Gasteiger partial charge in [-0.05, 0) is 30.5 Å². The lowest BCUT2D eigenvalue weighted by Crippen LogP contribution is -2.30. The van der Waals surface area contributed by atoms with Crippen molar-refractivity contribution in [1.82, 2.24) is 5.32 Å². The van der Waals surface area contributed by atoms with E-state index in [-0.39, 0.29) is 0 Å². The Kier molecular flexibility index (Phi) is 5.96. The lowest BCUT2D eigenvalue weighted by Gasteiger charge is -2.13. The smallest absolute Gasteiger partial charge is 0.195 e. The minimum absolute atomic E-state index is 0.686. The number of hydrogen-bond acceptors (Lipinski definition) is 4. The predicted molar refractivity (Wildman–Crippen MR) is 99.7 cm³/mol. The van der Waals surface area contributed by atoms with E-state index >= 15 is 0 Å². The van der Waals surface area contributed by atoms with E-state index in [9.17, 15) is 0 Å². The molecule has 0 aliphatic carbocycles. The lowest BCUT2D eigenvalue weighted by atomic mass is 10.2. The fourth-order valence-electron chi connectivity index (χ4n) is 2.42. The van der Waals surface area contributed by atoms with E-state index in [1.807, 2.05) is 18.2 Å². The maximum atomic E-state index is 5.74. The molecule has 0 saturated heterocycles. The van der Waals surface area contributed by atoms with Gasteiger partial charge in [-0.1, -0.05) is 6.07 Å². The second-order valence-electron chi connectivity index (χ2n) is 5.43. The molecule has 5 nitrogen and oxygen atoms in total. The van der Waals surface area contributed by atoms with E-state index < -0.39 is 0 Å². The highest BCUT2D eigenvalue weighted by Crippen LogP contribution is 2.32. The van der Waals surface area contributed by atoms with Gasteiger partial charge in [-0.15, -0.1) is 11.3 Å². The molecule has 0 radical (unpaired) electrons. The first kappa shape index (κ1) is 16.6. The molecule has 2 heterocycles. The van der Waals surface area contributed by atoms with Crippen molar-refractivity contribution >= 4 is 23.0 Å². The highest BCUT2D eigenvalue weighted by Gasteiger charge is 2.11. The first-order valence-corrected chi connectivity index (χ1v) is 9.20. The Balaban J connectivity index is 1.65. The van der Waals surface area contributed by atoms with Crippen molar-refractivity contribution in [2.45, 2.75) is 19.8 Å². The molecule has 3 rings (SSSR count). The average molecular weight is 345 g/mol. The topological polar surface area (TPSA) is 54.9 Å². The van der Waals surface area contributed by atoms with Crippen LogP contribution < -0.4 is 20.1 Å². The number of nitrogens with zero attached hydrogens (tertiary/aromatic N) is 1. The highest BCUT2D eigenvalue weighted by molar-refractivity contribution is 7.09. The summed E-state index contributed by atoms with van der Waals surface area (Å²) < 4.78 is 11.4. The molecule has 0 unspecified atom stereocenters. The Morgan fingerprint density at radius 1 is 1.21 bits per heavy atom. The summed E-state index contributed by atoms with van der Waals surface area (Å²) in [6.07, 6.45) is 1.86. The number of fused-ring (bicyclic) bond motifs is 1. The van der Waals surface area contributed by atoms with Crippen LogP contribution in [0.5, 0.6) is 11.5 Å². The predicted octanol–water partition coefficient (Wildman–Crippen LogP) is 3.53. The van der Waals surface area contributed by atoms with Gasteiger partial charge in [-0.25, -0.2) is 0 Å². The molecule has 0 spiro atoms. The summed E-state index contributed by atoms with van der Waals surface area (Å²) in [5.74, 6) is 2.37. The molecule has 24 heavy (non-hydrogen) atoms. The van der Waals surface area contributed by atoms with Crippen LogP contribution in [0.4, 0.5) is 5.69 Å². The summed E-state index contributed by atoms with van der Waals surface area (Å²) in [6, 6.07) is 10.1. The van der Waals surface area contributed by atoms with Gasteiger partial charge >= 0.3 is 0 Å². The number of rotatable bonds is 5. The van der Waals surface area contributed by atoms with Crippen LogP contribution in [0, 0.1) is 0 Å². The standard InChI is InChI=1S/C18H23N3O2S/c1-2-19-18(20-9-8-15-5-3-12-24-15)21-14-6-7-16-17(13-14)23-11-4-10-22-16/h3,5-7,12-13H,2,4,8-11H2,1H3,(H2,19,20,21). The Bertz CT molecular complexity index is 671. The molecular formula is C18H23N3O2S. The van der Waals surface area contributed by atoms with Crippen LogP contribution in [0.15, 0.2) is 40.7 Å². The van der Waals surface area contributed by atoms with Gasteiger partial charge in [0.15, 0.2) is 17.5 Å². The van der Waals surface area contributed by atoms with Gasteiger partial charge in [0.25, 0.3) is 0 Å². The molecule has 2 aromatic rings. The van der Waals surface area contributed by atoms with Crippen LogP contribution in [0.3, 0.4) is 0 Å². The number of hydrogen-bond donors (Lipinski definition) is 2. The molecule has 1 aromatic heterocycles. The van der Waals surface area contributed by atoms with Crippen molar-refractivity contribution in [3.05, 3.63) is 40.6 Å². The minimum atomic E-state index is 0.686. The van der Waals surface area contributed by atoms with Crippen LogP contribution in [-0.4, -0.2) is 32.3 Å². The first-order chi connectivity index (χ1) is 11.8. The second kappa shape index (κ2) is 8.59. The molecule has 0 atom stereocenters. The summed E-state index contributed by atoms with van der Waals surface area (Å²) in [5, 5.41) is 8.71. The van der Waals surface area contributed by atoms with Gasteiger partial charge in [0.1, 0.15) is 0 Å². The summed E-state index contributed by atoms with van der Waals surface area (Å²) in [6.45, 7) is 5.01. The van der Waals surface area contributed by atoms with E-state index in [1.165, 1.54) is 4.88 Å². The van der Waals surface area contributed by atoms with Gasteiger partial charge in [0.2, 0.25) is 0 Å². The van der Waals surface area contributed by atoms with Crippen molar-refractivity contribution in [3.8, 4) is 11.5 Å². The van der Waals surface area contributed by atoms with Gasteiger partial charge in [0, 0.05) is 42.6 Å². The lowest BCUT2D eigenvalue weighted by molar-refractivity contribution is 0.297. The molecule has 128 valence electrons. The summed E-state index contributed by atoms with van der Waals surface area (Å²) in [7, 11) is 0. The maximum absolute atomic E-state index is 5.74. The largest absolute Gasteiger partial charge is 0.490 e. The molecule has 1 aliphatic heterocycles. The second-order valence-corrected chi connectivity index (χ2v) is 6.46. The van der Waals surface area contributed by atoms with Crippen LogP contribution in [0.2, 0.25) is 0 Å². The van der Waals surface area contributed by atoms with Gasteiger partial charge in [0.05, 0.1) is 13.2 Å². The van der Waals surface area contributed by atoms with E-state index in [0.717, 1.165) is 49.1 Å². The van der Waals surface area contributed by atoms with Crippen molar-refractivity contribution in [1.29, 1.82) is 0 Å². The number of benzene rings is 1. The van der Waals surface area contributed by atoms with Crippen LogP contribution in [0.1, 0.15) is 18.2 Å². The summed E-state index contributed by atoms with van der Waals surface area (Å²) in [5.41, 5.74) is 0.940. The van der Waals surface area contributed by atoms with Crippen LogP contribution >= 0.6 is 11.3 Å². The zero-order valence-corrected chi connectivity index (χ0v) is 14.7. The minimum Gasteiger partial charge on any atom is -0.490 e. The van der Waals surface area contributed by atoms with Crippen molar-refractivity contribution in [2.24, 2.45) is 4.99 Å². The zero-order chi connectivity index (χ0) is 16.6. The Morgan fingerprint density at radius 3 is 2.88 bits per heavy atom. The number of ether oxygens (including phenoxy) is 2. The van der Waals surface area contributed by atoms with E-state index in [2.05, 4.69) is 40.1 Å². The van der Waals surface area contributed by atoms with Crippen molar-refractivity contribution in [2.75, 3.05) is 31.6 Å². The number of nitrogens with one attached hydrogen (secondary N) is 2. The zero-order valence-electron chi connectivity index (χ0n) is 13.9. The number of aliphatic imine (C=N–C) groups is 1. The first-order valence-electron chi connectivity index (χ1n) is 8.32. The molecule has 0 fully saturated rings. The summed E-state index contributed by atoms with van der Waals surface area (Å²) >= 11 is 1.77. The third-order valence-electron chi connectivity index (χ3n) is 3.56. The van der Waals surface area contributed by atoms with Gasteiger partial charge in [-0.2, -0.15) is 0 Å². The Labute approximate surface area is 146 Å². The molecular weight excluding hydrogens is 322 g/mol. The number of anilines is 1. The fraction of sp³-hybridized carbons (Fsp3) is 0.389. The van der Waals surface area contributed by atoms with Crippen LogP contribution in [-0.2, 0) is 6.42 Å². The van der Waals surface area contributed by atoms with Gasteiger partial charge < -0.3 is 20.1 Å². The molecule has 6 heteroatoms. The Morgan fingerprint density at radius 2 is 2.08 bits per heavy atom. The molecule has 0 amide bonds. The van der Waals surface area contributed by atoms with Gasteiger partial charge in [-0.3, -0.25) is 4.99 Å². The molecule has 1 aliphatic rings. The fourth-order valence-corrected chi connectivity index (χ4v) is 3.12. The third-order valence-corrected chi connectivity index (χ3v) is 4.50. The Hall–Kier alpha value is -2.21. The third kappa shape index (κ3) is 4.64. The molecule has 0 saturated carbocycles. The van der Waals surface area contributed by atoms with Crippen molar-refractivity contribution < 1.29 is 9.47 Å². The van der Waals surface area contributed by atoms with E-state index in [4.69, 9.17) is 9.47 Å². The SMILES string of the molecule is CCNC(=NCCc1cccs1)Nc1ccc2c(c1)OCCCO2. The maximum Gasteiger partial charge on any atom is 0.195 e. The molecule has 0 bridgehead atoms. The normalized spacial score (nSPS) is 14.1. The monoisotopic (exact) mass is 345 g/mol. The number of thiophene rings is 1. The summed E-state index contributed by atoms with van der Waals surface area (Å²) in [4.78, 5) is 6.00. The molecule has 1 aromatic carbocycles. The molecule has 2 N–H and O–H groups in total. The highest BCUT2D eigenvalue weighted by atomic mass is 32.1. The van der Waals surface area contributed by atoms with Crippen molar-refractivity contribution in [3.63, 3.8) is 0 Å².